The minimum Gasteiger partial charge on any atom is -0.260 e. The van der Waals surface area contributed by atoms with Crippen molar-refractivity contribution >= 4 is 64.8 Å². The third-order valence-corrected chi connectivity index (χ3v) is 13.3. The first-order valence-electron chi connectivity index (χ1n) is 22.8. The average Bonchev–Trinajstić information content (AvgIpc) is 3.94. The van der Waals surface area contributed by atoms with Crippen molar-refractivity contribution in [3.63, 3.8) is 0 Å². The molecule has 328 valence electrons. The van der Waals surface area contributed by atoms with E-state index in [0.29, 0.717) is 47.3 Å². The monoisotopic (exact) mass is 866 g/mol. The molecule has 0 saturated heterocycles. The fourth-order valence-corrected chi connectivity index (χ4v) is 9.82. The van der Waals surface area contributed by atoms with E-state index >= 15 is 0 Å². The maximum Gasteiger partial charge on any atom is 0.0921 e. The van der Waals surface area contributed by atoms with Crippen molar-refractivity contribution in [2.24, 2.45) is 0 Å². The van der Waals surface area contributed by atoms with Crippen LogP contribution in [0.3, 0.4) is 0 Å². The van der Waals surface area contributed by atoms with Crippen LogP contribution in [0, 0.1) is 0 Å². The van der Waals surface area contributed by atoms with Crippen LogP contribution in [0.5, 0.6) is 0 Å². The van der Waals surface area contributed by atoms with E-state index < -0.39 is 0 Å². The number of hydrogen-bond acceptors (Lipinski definition) is 7. The van der Waals surface area contributed by atoms with Crippen LogP contribution in [0.4, 0.5) is 0 Å². The summed E-state index contributed by atoms with van der Waals surface area (Å²) in [5, 5.41) is 8.39. The first-order chi connectivity index (χ1) is 29.4. The lowest BCUT2D eigenvalue weighted by atomic mass is 9.94. The lowest BCUT2D eigenvalue weighted by Crippen LogP contribution is -2.01. The summed E-state index contributed by atoms with van der Waals surface area (Å²) in [5.74, 6) is 4.18. The molecule has 0 atom stereocenters. The molecule has 6 aromatic heterocycles. The molecule has 0 bridgehead atoms. The number of benzene rings is 2. The Bertz CT molecular complexity index is 2410. The van der Waals surface area contributed by atoms with Gasteiger partial charge >= 0.3 is 0 Å². The zero-order valence-electron chi connectivity index (χ0n) is 40.3. The summed E-state index contributed by atoms with van der Waals surface area (Å²) in [4.78, 5) is 22.6. The lowest BCUT2D eigenvalue weighted by molar-refractivity contribution is 0.772. The molecule has 7 heteroatoms. The molecule has 0 unspecified atom stereocenters. The van der Waals surface area contributed by atoms with E-state index in [4.69, 9.17) is 4.98 Å². The second kappa shape index (κ2) is 21.7. The molecule has 0 aliphatic carbocycles. The quantitative estimate of drug-likeness (QED) is 0.152. The van der Waals surface area contributed by atoms with Gasteiger partial charge in [0.05, 0.1) is 27.9 Å². The van der Waals surface area contributed by atoms with Crippen molar-refractivity contribution < 1.29 is 0 Å². The van der Waals surface area contributed by atoms with E-state index in [9.17, 15) is 0 Å². The van der Waals surface area contributed by atoms with E-state index in [1.54, 1.807) is 12.4 Å². The number of thiophene rings is 2. The second-order valence-electron chi connectivity index (χ2n) is 18.9. The average molecular weight is 866 g/mol. The fraction of sp³-hybridized carbons (Fsp3) is 0.436. The molecular formula is C55H71N5S2. The van der Waals surface area contributed by atoms with Gasteiger partial charge < -0.3 is 0 Å². The molecule has 0 spiro atoms. The molecule has 8 aromatic rings. The lowest BCUT2D eigenvalue weighted by Gasteiger charge is -2.13. The predicted molar refractivity (Wildman–Crippen MR) is 273 cm³/mol. The molecule has 0 radical (unpaired) electrons. The molecule has 0 fully saturated rings. The van der Waals surface area contributed by atoms with Gasteiger partial charge in [-0.3, -0.25) is 24.9 Å². The van der Waals surface area contributed by atoms with Gasteiger partial charge in [0.1, 0.15) is 0 Å². The summed E-state index contributed by atoms with van der Waals surface area (Å²) in [6.07, 6.45) is 7.42. The van der Waals surface area contributed by atoms with Gasteiger partial charge in [0, 0.05) is 50.7 Å². The van der Waals surface area contributed by atoms with Crippen LogP contribution >= 0.6 is 22.7 Å². The second-order valence-corrected chi connectivity index (χ2v) is 20.8. The topological polar surface area (TPSA) is 64.5 Å². The summed E-state index contributed by atoms with van der Waals surface area (Å²) in [6, 6.07) is 19.7. The van der Waals surface area contributed by atoms with Crippen LogP contribution in [0.1, 0.15) is 203 Å². The van der Waals surface area contributed by atoms with Gasteiger partial charge in [0.2, 0.25) is 0 Å². The molecule has 0 aliphatic rings. The maximum atomic E-state index is 4.74. The van der Waals surface area contributed by atoms with Gasteiger partial charge in [0.15, 0.2) is 0 Å². The zero-order valence-corrected chi connectivity index (χ0v) is 42.0. The van der Waals surface area contributed by atoms with Crippen molar-refractivity contribution in [2.75, 3.05) is 0 Å². The van der Waals surface area contributed by atoms with Crippen LogP contribution in [0.2, 0.25) is 0 Å². The minimum absolute atomic E-state index is 0.413. The van der Waals surface area contributed by atoms with Gasteiger partial charge in [-0.05, 0) is 122 Å². The molecule has 8 rings (SSSR count). The number of fused-ring (bicyclic) bond motifs is 4. The van der Waals surface area contributed by atoms with Crippen molar-refractivity contribution in [3.05, 3.63) is 135 Å². The normalized spacial score (nSPS) is 11.7. The van der Waals surface area contributed by atoms with Gasteiger partial charge in [-0.25, -0.2) is 0 Å². The van der Waals surface area contributed by atoms with E-state index in [1.807, 2.05) is 34.9 Å². The third-order valence-electron chi connectivity index (χ3n) is 11.3. The zero-order chi connectivity index (χ0) is 45.4. The Morgan fingerprint density at radius 3 is 1.56 bits per heavy atom. The minimum atomic E-state index is 0.413. The van der Waals surface area contributed by atoms with Gasteiger partial charge in [-0.15, -0.1) is 22.7 Å². The van der Waals surface area contributed by atoms with E-state index in [1.165, 1.54) is 59.1 Å². The number of pyridine rings is 3. The van der Waals surface area contributed by atoms with Crippen LogP contribution in [-0.4, -0.2) is 24.9 Å². The van der Waals surface area contributed by atoms with E-state index in [-0.39, 0.29) is 0 Å². The Labute approximate surface area is 380 Å². The van der Waals surface area contributed by atoms with Crippen LogP contribution < -0.4 is 0 Å². The van der Waals surface area contributed by atoms with Crippen molar-refractivity contribution in [1.29, 1.82) is 0 Å². The Hall–Kier alpha value is -4.59. The van der Waals surface area contributed by atoms with Crippen LogP contribution in [0.25, 0.3) is 42.1 Å². The molecular weight excluding hydrogens is 795 g/mol. The standard InChI is InChI=1S/2C14H18N2.C14H18S.C13H17NS/c1-9(2)11-7-12(10(3)4)14-13(8-11)15-5-6-16-14;1-9(2)12-8-11-6-5-7-15-14(11)13(16-12)10(3)4;1-9(2)11-5-6-12(10(3)4)14-13(11)7-8-15-14;1-8(2)11-7-14-12(9(3)4)10-5-6-15-13(10)11/h2*5-10H,1-4H3;5-10H,1-4H3;5-9H,1-4H3. The SMILES string of the molecule is CC(C)c1cc(C(C)C)c2nccnc2c1.CC(C)c1cc2cccnc2c(C(C)C)n1.CC(C)c1ccc(C(C)C)c2sccc12.CC(C)c1ncc(C(C)C)c2sccc12. The summed E-state index contributed by atoms with van der Waals surface area (Å²) < 4.78 is 2.90. The Balaban J connectivity index is 0.000000156. The first-order valence-corrected chi connectivity index (χ1v) is 24.5. The Morgan fingerprint density at radius 2 is 0.984 bits per heavy atom. The molecule has 6 heterocycles. The smallest absolute Gasteiger partial charge is 0.0921 e. The largest absolute Gasteiger partial charge is 0.260 e. The van der Waals surface area contributed by atoms with E-state index in [0.717, 1.165) is 27.9 Å². The third kappa shape index (κ3) is 11.5. The Morgan fingerprint density at radius 1 is 0.419 bits per heavy atom. The number of nitrogens with zero attached hydrogens (tertiary/aromatic N) is 5. The van der Waals surface area contributed by atoms with Crippen molar-refractivity contribution in [3.8, 4) is 0 Å². The van der Waals surface area contributed by atoms with Crippen molar-refractivity contribution in [1.82, 2.24) is 24.9 Å². The highest BCUT2D eigenvalue weighted by molar-refractivity contribution is 7.17. The highest BCUT2D eigenvalue weighted by atomic mass is 32.1. The number of rotatable bonds is 8. The molecule has 5 nitrogen and oxygen atoms in total. The van der Waals surface area contributed by atoms with Gasteiger partial charge in [-0.2, -0.15) is 0 Å². The summed E-state index contributed by atoms with van der Waals surface area (Å²) in [7, 11) is 0. The van der Waals surface area contributed by atoms with Crippen LogP contribution in [-0.2, 0) is 0 Å². The summed E-state index contributed by atoms with van der Waals surface area (Å²) in [5.41, 5.74) is 13.6. The van der Waals surface area contributed by atoms with Crippen molar-refractivity contribution in [2.45, 2.75) is 158 Å². The Kier molecular flexibility index (Phi) is 16.9. The molecule has 0 aliphatic heterocycles. The van der Waals surface area contributed by atoms with Gasteiger partial charge in [0.25, 0.3) is 0 Å². The molecule has 0 saturated carbocycles. The molecule has 0 amide bonds. The summed E-state index contributed by atoms with van der Waals surface area (Å²) in [6.45, 7) is 35.4. The number of hydrogen-bond donors (Lipinski definition) is 0. The number of aromatic nitrogens is 5. The highest BCUT2D eigenvalue weighted by Crippen LogP contribution is 2.36. The highest BCUT2D eigenvalue weighted by Gasteiger charge is 2.15. The predicted octanol–water partition coefficient (Wildman–Crippen LogP) is 17.4. The molecule has 0 N–H and O–H groups in total. The van der Waals surface area contributed by atoms with Crippen LogP contribution in [0.15, 0.2) is 90.1 Å². The van der Waals surface area contributed by atoms with Gasteiger partial charge in [-0.1, -0.05) is 135 Å². The van der Waals surface area contributed by atoms with E-state index in [2.05, 4.69) is 196 Å². The maximum absolute atomic E-state index is 4.74. The molecule has 2 aromatic carbocycles. The summed E-state index contributed by atoms with van der Waals surface area (Å²) >= 11 is 3.71. The fourth-order valence-electron chi connectivity index (χ4n) is 7.66. The first kappa shape index (κ1) is 48.4. The molecule has 62 heavy (non-hydrogen) atoms.